The van der Waals surface area contributed by atoms with Crippen LogP contribution >= 0.6 is 0 Å². The van der Waals surface area contributed by atoms with E-state index in [1.54, 1.807) is 12.1 Å². The maximum atomic E-state index is 13.5. The molecule has 102 valence electrons. The van der Waals surface area contributed by atoms with Gasteiger partial charge in [0.05, 0.1) is 20.8 Å². The zero-order valence-electron chi connectivity index (χ0n) is 11.6. The van der Waals surface area contributed by atoms with Crippen LogP contribution in [0.4, 0.5) is 4.39 Å². The molecule has 18 heavy (non-hydrogen) atoms. The first kappa shape index (κ1) is 14.8. The van der Waals surface area contributed by atoms with Crippen LogP contribution in [-0.2, 0) is 5.41 Å². The van der Waals surface area contributed by atoms with Crippen molar-refractivity contribution < 1.29 is 19.0 Å². The minimum atomic E-state index is -1.10. The Morgan fingerprint density at radius 3 is 2.28 bits per heavy atom. The molecule has 1 aromatic carbocycles. The molecule has 4 heteroatoms. The average Bonchev–Trinajstić information content (AvgIpc) is 2.36. The number of ether oxygens (including phenoxy) is 2. The molecule has 0 amide bonds. The normalized spacial score (nSPS) is 13.3. The molecule has 0 bridgehead atoms. The first-order valence-corrected chi connectivity index (χ1v) is 5.88. The third-order valence-electron chi connectivity index (χ3n) is 3.08. The van der Waals surface area contributed by atoms with Gasteiger partial charge in [0.15, 0.2) is 11.5 Å². The van der Waals surface area contributed by atoms with Gasteiger partial charge in [-0.05, 0) is 24.6 Å². The largest absolute Gasteiger partial charge is 0.493 e. The molecule has 0 aliphatic heterocycles. The van der Waals surface area contributed by atoms with E-state index in [4.69, 9.17) is 9.47 Å². The van der Waals surface area contributed by atoms with Crippen LogP contribution < -0.4 is 9.47 Å². The van der Waals surface area contributed by atoms with E-state index in [0.29, 0.717) is 17.1 Å². The van der Waals surface area contributed by atoms with Crippen molar-refractivity contribution in [2.45, 2.75) is 32.4 Å². The van der Waals surface area contributed by atoms with Crippen molar-refractivity contribution in [3.05, 3.63) is 23.3 Å². The number of rotatable bonds is 5. The van der Waals surface area contributed by atoms with Gasteiger partial charge >= 0.3 is 0 Å². The van der Waals surface area contributed by atoms with Gasteiger partial charge in [0, 0.05) is 11.0 Å². The predicted molar refractivity (Wildman–Crippen MR) is 69.2 cm³/mol. The number of hydrogen-bond acceptors (Lipinski definition) is 3. The zero-order chi connectivity index (χ0) is 13.9. The number of alkyl halides is 1. The molecule has 1 aromatic rings. The first-order chi connectivity index (χ1) is 8.37. The highest BCUT2D eigenvalue weighted by Gasteiger charge is 2.27. The lowest BCUT2D eigenvalue weighted by Gasteiger charge is -2.26. The molecule has 0 aliphatic rings. The summed E-state index contributed by atoms with van der Waals surface area (Å²) in [6, 6.07) is 3.35. The Morgan fingerprint density at radius 2 is 1.89 bits per heavy atom. The van der Waals surface area contributed by atoms with Crippen molar-refractivity contribution >= 4 is 0 Å². The molecule has 1 N–H and O–H groups in total. The quantitative estimate of drug-likeness (QED) is 0.880. The Hall–Kier alpha value is -1.29. The van der Waals surface area contributed by atoms with Crippen molar-refractivity contribution in [1.29, 1.82) is 0 Å². The monoisotopic (exact) mass is 256 g/mol. The second-order valence-corrected chi connectivity index (χ2v) is 4.96. The molecule has 0 saturated heterocycles. The minimum Gasteiger partial charge on any atom is -0.493 e. The van der Waals surface area contributed by atoms with E-state index in [-0.39, 0.29) is 6.61 Å². The van der Waals surface area contributed by atoms with Gasteiger partial charge in [-0.2, -0.15) is 0 Å². The van der Waals surface area contributed by atoms with E-state index < -0.39 is 11.6 Å². The van der Waals surface area contributed by atoms with Gasteiger partial charge in [0.25, 0.3) is 0 Å². The lowest BCUT2D eigenvalue weighted by atomic mass is 9.83. The van der Waals surface area contributed by atoms with Crippen LogP contribution in [0.25, 0.3) is 0 Å². The van der Waals surface area contributed by atoms with E-state index in [0.717, 1.165) is 5.56 Å². The van der Waals surface area contributed by atoms with Crippen LogP contribution in [0.1, 0.15) is 38.1 Å². The standard InChI is InChI=1S/C14H21FO3/c1-9(15)10-6-11(14(2,3)8-16)13(18-5)12(7-10)17-4/h6-7,9,16H,8H2,1-5H3. The molecular formula is C14H21FO3. The summed E-state index contributed by atoms with van der Waals surface area (Å²) in [7, 11) is 3.05. The fourth-order valence-electron chi connectivity index (χ4n) is 1.80. The second kappa shape index (κ2) is 5.57. The number of benzene rings is 1. The Kier molecular flexibility index (Phi) is 4.57. The van der Waals surface area contributed by atoms with Crippen molar-refractivity contribution in [2.24, 2.45) is 0 Å². The van der Waals surface area contributed by atoms with Crippen molar-refractivity contribution in [2.75, 3.05) is 20.8 Å². The molecular weight excluding hydrogens is 235 g/mol. The summed E-state index contributed by atoms with van der Waals surface area (Å²) in [5.41, 5.74) is 0.735. The Balaban J connectivity index is 3.50. The number of aliphatic hydroxyl groups is 1. The molecule has 1 unspecified atom stereocenters. The number of methoxy groups -OCH3 is 2. The van der Waals surface area contributed by atoms with Gasteiger partial charge in [0.2, 0.25) is 0 Å². The molecule has 0 fully saturated rings. The van der Waals surface area contributed by atoms with Crippen molar-refractivity contribution in [3.8, 4) is 11.5 Å². The molecule has 0 aliphatic carbocycles. The Morgan fingerprint density at radius 1 is 1.28 bits per heavy atom. The van der Waals surface area contributed by atoms with Crippen LogP contribution in [0, 0.1) is 0 Å². The summed E-state index contributed by atoms with van der Waals surface area (Å²) in [5.74, 6) is 1.02. The van der Waals surface area contributed by atoms with Crippen LogP contribution in [0.15, 0.2) is 12.1 Å². The molecule has 3 nitrogen and oxygen atoms in total. The van der Waals surface area contributed by atoms with Gasteiger partial charge in [-0.3, -0.25) is 0 Å². The third-order valence-corrected chi connectivity index (χ3v) is 3.08. The van der Waals surface area contributed by atoms with E-state index >= 15 is 0 Å². The third kappa shape index (κ3) is 2.75. The van der Waals surface area contributed by atoms with Gasteiger partial charge in [-0.25, -0.2) is 4.39 Å². The molecule has 0 radical (unpaired) electrons. The van der Waals surface area contributed by atoms with Crippen LogP contribution in [0.2, 0.25) is 0 Å². The zero-order valence-corrected chi connectivity index (χ0v) is 11.6. The summed E-state index contributed by atoms with van der Waals surface area (Å²) >= 11 is 0. The highest BCUT2D eigenvalue weighted by molar-refractivity contribution is 5.53. The lowest BCUT2D eigenvalue weighted by molar-refractivity contribution is 0.213. The maximum absolute atomic E-state index is 13.5. The van der Waals surface area contributed by atoms with Crippen LogP contribution in [-0.4, -0.2) is 25.9 Å². The smallest absolute Gasteiger partial charge is 0.164 e. The molecule has 0 aromatic heterocycles. The van der Waals surface area contributed by atoms with E-state index in [9.17, 15) is 9.50 Å². The summed E-state index contributed by atoms with van der Waals surface area (Å²) in [6.45, 7) is 5.15. The van der Waals surface area contributed by atoms with Crippen LogP contribution in [0.5, 0.6) is 11.5 Å². The van der Waals surface area contributed by atoms with Gasteiger partial charge in [-0.15, -0.1) is 0 Å². The first-order valence-electron chi connectivity index (χ1n) is 5.88. The summed E-state index contributed by atoms with van der Waals surface area (Å²) in [4.78, 5) is 0. The number of hydrogen-bond donors (Lipinski definition) is 1. The molecule has 0 spiro atoms. The molecule has 0 heterocycles. The Labute approximate surface area is 108 Å². The topological polar surface area (TPSA) is 38.7 Å². The minimum absolute atomic E-state index is 0.0589. The van der Waals surface area contributed by atoms with Gasteiger partial charge in [-0.1, -0.05) is 13.8 Å². The fraction of sp³-hybridized carbons (Fsp3) is 0.571. The highest BCUT2D eigenvalue weighted by Crippen LogP contribution is 2.41. The van der Waals surface area contributed by atoms with Crippen molar-refractivity contribution in [1.82, 2.24) is 0 Å². The highest BCUT2D eigenvalue weighted by atomic mass is 19.1. The second-order valence-electron chi connectivity index (χ2n) is 4.96. The molecule has 1 rings (SSSR count). The predicted octanol–water partition coefficient (Wildman–Crippen LogP) is 3.00. The fourth-order valence-corrected chi connectivity index (χ4v) is 1.80. The van der Waals surface area contributed by atoms with E-state index in [1.807, 2.05) is 13.8 Å². The summed E-state index contributed by atoms with van der Waals surface area (Å²) in [5, 5.41) is 9.47. The number of halogens is 1. The Bertz CT molecular complexity index is 414. The van der Waals surface area contributed by atoms with E-state index in [1.165, 1.54) is 21.1 Å². The lowest BCUT2D eigenvalue weighted by Crippen LogP contribution is -2.23. The van der Waals surface area contributed by atoms with Crippen molar-refractivity contribution in [3.63, 3.8) is 0 Å². The average molecular weight is 256 g/mol. The number of aliphatic hydroxyl groups excluding tert-OH is 1. The van der Waals surface area contributed by atoms with Gasteiger partial charge < -0.3 is 14.6 Å². The SMILES string of the molecule is COc1cc(C(C)F)cc(C(C)(C)CO)c1OC. The van der Waals surface area contributed by atoms with Crippen LogP contribution in [0.3, 0.4) is 0 Å². The summed E-state index contributed by atoms with van der Waals surface area (Å²) in [6.07, 6.45) is -1.10. The summed E-state index contributed by atoms with van der Waals surface area (Å²) < 4.78 is 24.1. The van der Waals surface area contributed by atoms with E-state index in [2.05, 4.69) is 0 Å². The maximum Gasteiger partial charge on any atom is 0.164 e. The molecule has 0 saturated carbocycles. The molecule has 1 atom stereocenters. The van der Waals surface area contributed by atoms with Gasteiger partial charge in [0.1, 0.15) is 6.17 Å².